The van der Waals surface area contributed by atoms with Crippen molar-refractivity contribution in [1.29, 1.82) is 0 Å². The number of aromatic nitrogens is 3. The van der Waals surface area contributed by atoms with Crippen molar-refractivity contribution in [2.24, 2.45) is 0 Å². The summed E-state index contributed by atoms with van der Waals surface area (Å²) in [5.74, 6) is -0.407. The first-order valence-electron chi connectivity index (χ1n) is 9.50. The van der Waals surface area contributed by atoms with Gasteiger partial charge < -0.3 is 14.5 Å². The Bertz CT molecular complexity index is 1250. The maximum atomic E-state index is 13.3. The minimum absolute atomic E-state index is 0.0719. The number of amides is 1. The lowest BCUT2D eigenvalue weighted by Gasteiger charge is -2.16. The summed E-state index contributed by atoms with van der Waals surface area (Å²) in [7, 11) is 0. The molecule has 2 aromatic heterocycles. The summed E-state index contributed by atoms with van der Waals surface area (Å²) < 4.78 is 35.5. The molecule has 8 nitrogen and oxygen atoms in total. The minimum Gasteiger partial charge on any atom is -0.395 e. The summed E-state index contributed by atoms with van der Waals surface area (Å²) in [4.78, 5) is 35.5. The molecule has 1 aromatic carbocycles. The summed E-state index contributed by atoms with van der Waals surface area (Å²) in [6, 6.07) is 7.38. The number of ether oxygens (including phenoxy) is 2. The Morgan fingerprint density at radius 1 is 1.16 bits per heavy atom. The quantitative estimate of drug-likeness (QED) is 0.664. The first-order chi connectivity index (χ1) is 14.8. The van der Waals surface area contributed by atoms with Crippen LogP contribution in [0.2, 0.25) is 0 Å². The third-order valence-electron chi connectivity index (χ3n) is 5.39. The molecule has 1 fully saturated rings. The number of rotatable bonds is 4. The van der Waals surface area contributed by atoms with Crippen molar-refractivity contribution in [3.63, 3.8) is 0 Å². The highest BCUT2D eigenvalue weighted by atomic mass is 19.3. The first-order valence-corrected chi connectivity index (χ1v) is 9.50. The van der Waals surface area contributed by atoms with Gasteiger partial charge in [0.15, 0.2) is 11.5 Å². The van der Waals surface area contributed by atoms with E-state index in [1.165, 1.54) is 24.4 Å². The predicted octanol–water partition coefficient (Wildman–Crippen LogP) is 3.13. The molecule has 0 atom stereocenters. The SMILES string of the molecule is Cc1cnc(NC(=O)C2(c3ccc4c(c3)OC(F)(F)O4)CC2)nc1-c1ccc(=O)[nH]c1. The first kappa shape index (κ1) is 19.2. The minimum atomic E-state index is -3.71. The molecule has 0 unspecified atom stereocenters. The van der Waals surface area contributed by atoms with E-state index in [0.717, 1.165) is 5.56 Å². The number of alkyl halides is 2. The standard InChI is InChI=1S/C21H16F2N4O4/c1-11-9-25-19(26-17(11)12-2-5-16(28)24-10-12)27-18(29)20(6-7-20)13-3-4-14-15(8-13)31-21(22,23)30-14/h2-5,8-10H,6-7H2,1H3,(H,24,28)(H,25,26,27,29). The van der Waals surface area contributed by atoms with Crippen molar-refractivity contribution in [3.8, 4) is 22.8 Å². The number of anilines is 1. The molecule has 2 aliphatic rings. The Morgan fingerprint density at radius 3 is 2.65 bits per heavy atom. The van der Waals surface area contributed by atoms with Gasteiger partial charge in [-0.05, 0) is 49.1 Å². The number of benzene rings is 1. The average molecular weight is 426 g/mol. The number of aromatic amines is 1. The number of nitrogens with zero attached hydrogens (tertiary/aromatic N) is 2. The number of aryl methyl sites for hydroxylation is 1. The van der Waals surface area contributed by atoms with Crippen molar-refractivity contribution < 1.29 is 23.0 Å². The van der Waals surface area contributed by atoms with Gasteiger partial charge in [0.05, 0.1) is 11.1 Å². The Morgan fingerprint density at radius 2 is 1.94 bits per heavy atom. The molecule has 1 aliphatic carbocycles. The largest absolute Gasteiger partial charge is 0.586 e. The van der Waals surface area contributed by atoms with Gasteiger partial charge in [0, 0.05) is 24.0 Å². The summed E-state index contributed by atoms with van der Waals surface area (Å²) >= 11 is 0. The van der Waals surface area contributed by atoms with E-state index in [9.17, 15) is 18.4 Å². The zero-order valence-corrected chi connectivity index (χ0v) is 16.2. The van der Waals surface area contributed by atoms with Gasteiger partial charge in [0.2, 0.25) is 17.4 Å². The van der Waals surface area contributed by atoms with Gasteiger partial charge >= 0.3 is 6.29 Å². The second-order valence-electron chi connectivity index (χ2n) is 7.53. The van der Waals surface area contributed by atoms with Crippen molar-refractivity contribution >= 4 is 11.9 Å². The number of nitrogens with one attached hydrogen (secondary N) is 2. The Hall–Kier alpha value is -3.82. The van der Waals surface area contributed by atoms with Crippen LogP contribution in [0.1, 0.15) is 24.0 Å². The lowest BCUT2D eigenvalue weighted by atomic mass is 9.94. The van der Waals surface area contributed by atoms with Crippen molar-refractivity contribution in [2.45, 2.75) is 31.5 Å². The molecule has 158 valence electrons. The Labute approximate surface area is 174 Å². The number of halogens is 2. The lowest BCUT2D eigenvalue weighted by molar-refractivity contribution is -0.286. The van der Waals surface area contributed by atoms with E-state index in [4.69, 9.17) is 0 Å². The lowest BCUT2D eigenvalue weighted by Crippen LogP contribution is -2.28. The number of H-pyrrole nitrogens is 1. The maximum absolute atomic E-state index is 13.3. The smallest absolute Gasteiger partial charge is 0.395 e. The van der Waals surface area contributed by atoms with Crippen LogP contribution in [0.15, 0.2) is 47.5 Å². The zero-order chi connectivity index (χ0) is 21.8. The van der Waals surface area contributed by atoms with E-state index < -0.39 is 11.7 Å². The van der Waals surface area contributed by atoms with Crippen LogP contribution < -0.4 is 20.3 Å². The van der Waals surface area contributed by atoms with Crippen LogP contribution in [-0.4, -0.2) is 27.2 Å². The third kappa shape index (κ3) is 3.39. The normalized spacial score (nSPS) is 17.3. The summed E-state index contributed by atoms with van der Waals surface area (Å²) in [6.07, 6.45) is 0.494. The highest BCUT2D eigenvalue weighted by Crippen LogP contribution is 2.52. The van der Waals surface area contributed by atoms with Gasteiger partial charge in [0.1, 0.15) is 0 Å². The molecule has 3 aromatic rings. The highest BCUT2D eigenvalue weighted by Gasteiger charge is 2.53. The molecule has 0 spiro atoms. The van der Waals surface area contributed by atoms with E-state index in [1.807, 2.05) is 6.92 Å². The summed E-state index contributed by atoms with van der Waals surface area (Å²) in [6.45, 7) is 1.82. The fourth-order valence-corrected chi connectivity index (χ4v) is 3.59. The summed E-state index contributed by atoms with van der Waals surface area (Å²) in [5.41, 5.74) is 1.45. The van der Waals surface area contributed by atoms with Crippen LogP contribution in [0.4, 0.5) is 14.7 Å². The third-order valence-corrected chi connectivity index (χ3v) is 5.39. The van der Waals surface area contributed by atoms with Crippen LogP contribution in [0.5, 0.6) is 11.5 Å². The van der Waals surface area contributed by atoms with Crippen LogP contribution in [-0.2, 0) is 10.2 Å². The number of pyridine rings is 1. The molecular weight excluding hydrogens is 410 g/mol. The second-order valence-corrected chi connectivity index (χ2v) is 7.53. The van der Waals surface area contributed by atoms with Gasteiger partial charge in [-0.25, -0.2) is 9.97 Å². The van der Waals surface area contributed by atoms with Gasteiger partial charge in [0.25, 0.3) is 0 Å². The van der Waals surface area contributed by atoms with E-state index in [-0.39, 0.29) is 28.9 Å². The number of fused-ring (bicyclic) bond motifs is 1. The molecule has 1 aliphatic heterocycles. The monoisotopic (exact) mass is 426 g/mol. The second kappa shape index (κ2) is 6.59. The van der Waals surface area contributed by atoms with Crippen molar-refractivity contribution in [3.05, 3.63) is 64.2 Å². The van der Waals surface area contributed by atoms with Crippen molar-refractivity contribution in [1.82, 2.24) is 15.0 Å². The zero-order valence-electron chi connectivity index (χ0n) is 16.2. The van der Waals surface area contributed by atoms with Crippen LogP contribution in [0.3, 0.4) is 0 Å². The Kier molecular flexibility index (Phi) is 4.07. The molecule has 3 heterocycles. The van der Waals surface area contributed by atoms with Crippen molar-refractivity contribution in [2.75, 3.05) is 5.32 Å². The molecule has 31 heavy (non-hydrogen) atoms. The average Bonchev–Trinajstić information content (AvgIpc) is 3.47. The molecule has 10 heteroatoms. The van der Waals surface area contributed by atoms with Gasteiger partial charge in [-0.2, -0.15) is 0 Å². The molecule has 1 saturated carbocycles. The molecule has 0 bridgehead atoms. The highest BCUT2D eigenvalue weighted by molar-refractivity contribution is 6.00. The van der Waals surface area contributed by atoms with E-state index in [2.05, 4.69) is 29.7 Å². The Balaban J connectivity index is 1.40. The topological polar surface area (TPSA) is 106 Å². The molecule has 5 rings (SSSR count). The van der Waals surface area contributed by atoms with E-state index in [0.29, 0.717) is 29.7 Å². The fraction of sp³-hybridized carbons (Fsp3) is 0.238. The number of hydrogen-bond donors (Lipinski definition) is 2. The molecule has 2 N–H and O–H groups in total. The molecular formula is C21H16F2N4O4. The van der Waals surface area contributed by atoms with Gasteiger partial charge in [-0.15, -0.1) is 8.78 Å². The maximum Gasteiger partial charge on any atom is 0.586 e. The fourth-order valence-electron chi connectivity index (χ4n) is 3.59. The summed E-state index contributed by atoms with van der Waals surface area (Å²) in [5, 5.41) is 2.72. The van der Waals surface area contributed by atoms with E-state index in [1.54, 1.807) is 18.3 Å². The number of carbonyl (C=O) groups is 1. The van der Waals surface area contributed by atoms with Crippen LogP contribution in [0, 0.1) is 6.92 Å². The molecule has 1 amide bonds. The number of carbonyl (C=O) groups excluding carboxylic acids is 1. The van der Waals surface area contributed by atoms with Crippen LogP contribution in [0.25, 0.3) is 11.3 Å². The predicted molar refractivity (Wildman–Crippen MR) is 105 cm³/mol. The van der Waals surface area contributed by atoms with Crippen LogP contribution >= 0.6 is 0 Å². The number of hydrogen-bond acceptors (Lipinski definition) is 6. The van der Waals surface area contributed by atoms with Gasteiger partial charge in [-0.1, -0.05) is 6.07 Å². The van der Waals surface area contributed by atoms with E-state index >= 15 is 0 Å². The molecule has 0 radical (unpaired) electrons. The van der Waals surface area contributed by atoms with Gasteiger partial charge in [-0.3, -0.25) is 14.9 Å². The molecule has 0 saturated heterocycles.